The summed E-state index contributed by atoms with van der Waals surface area (Å²) in [5.41, 5.74) is -0.427. The normalized spacial score (nSPS) is 13.8. The van der Waals surface area contributed by atoms with Crippen molar-refractivity contribution < 1.29 is 18.9 Å². The van der Waals surface area contributed by atoms with Crippen LogP contribution in [0.4, 0.5) is 0 Å². The highest BCUT2D eigenvalue weighted by Crippen LogP contribution is 2.19. The minimum absolute atomic E-state index is 0.427. The Morgan fingerprint density at radius 3 is 1.18 bits per heavy atom. The fourth-order valence-electron chi connectivity index (χ4n) is 4.46. The Hall–Kier alpha value is 0.0569. The smallest absolute Gasteiger partial charge is 0.386 e. The average Bonchev–Trinajstić information content (AvgIpc) is 2.60. The molecule has 0 aromatic carbocycles. The van der Waals surface area contributed by atoms with Crippen molar-refractivity contribution in [1.29, 1.82) is 0 Å². The first-order valence-corrected chi connectivity index (χ1v) is 14.2. The molecule has 170 valence electrons. The van der Waals surface area contributed by atoms with Gasteiger partial charge in [-0.15, -0.1) is 0 Å². The van der Waals surface area contributed by atoms with Gasteiger partial charge in [0.25, 0.3) is 0 Å². The van der Waals surface area contributed by atoms with Crippen molar-refractivity contribution in [2.75, 3.05) is 20.6 Å². The predicted octanol–water partition coefficient (Wildman–Crippen LogP) is 5.56. The molecule has 0 fully saturated rings. The maximum absolute atomic E-state index is 9.68. The second-order valence-corrected chi connectivity index (χ2v) is 11.5. The van der Waals surface area contributed by atoms with E-state index in [0.717, 1.165) is 13.0 Å². The lowest BCUT2D eigenvalue weighted by atomic mass is 10.0. The van der Waals surface area contributed by atoms with Crippen molar-refractivity contribution in [2.45, 2.75) is 129 Å². The summed E-state index contributed by atoms with van der Waals surface area (Å²) in [5, 5.41) is 0. The minimum atomic E-state index is -4.06. The van der Waals surface area contributed by atoms with Gasteiger partial charge in [-0.25, -0.2) is 0 Å². The summed E-state index contributed by atoms with van der Waals surface area (Å²) in [4.78, 5) is 29.0. The van der Waals surface area contributed by atoms with E-state index in [0.29, 0.717) is 10.9 Å². The fourth-order valence-corrected chi connectivity index (χ4v) is 6.07. The Kier molecular flexibility index (Phi) is 16.8. The van der Waals surface area contributed by atoms with E-state index < -0.39 is 14.5 Å². The Bertz CT molecular complexity index is 345. The van der Waals surface area contributed by atoms with Crippen LogP contribution in [0.3, 0.4) is 0 Å². The van der Waals surface area contributed by atoms with Gasteiger partial charge in [0.2, 0.25) is 0 Å². The van der Waals surface area contributed by atoms with E-state index >= 15 is 0 Å². The lowest BCUT2D eigenvalue weighted by molar-refractivity contribution is -0.906. The van der Waals surface area contributed by atoms with Crippen LogP contribution in [0, 0.1) is 0 Å². The zero-order chi connectivity index (χ0) is 21.3. The Balaban J connectivity index is 3.46. The van der Waals surface area contributed by atoms with Gasteiger partial charge in [0.05, 0.1) is 20.6 Å². The molecule has 5 heteroatoms. The Labute approximate surface area is 177 Å². The predicted molar refractivity (Wildman–Crippen MR) is 123 cm³/mol. The average molecular weight is 419 g/mol. The van der Waals surface area contributed by atoms with E-state index in [2.05, 4.69) is 6.92 Å². The highest BCUT2D eigenvalue weighted by Gasteiger charge is 2.48. The molecule has 0 aromatic rings. The molecule has 1 unspecified atom stereocenters. The van der Waals surface area contributed by atoms with Gasteiger partial charge < -0.3 is 18.9 Å². The van der Waals surface area contributed by atoms with Gasteiger partial charge >= 0.3 is 8.80 Å². The van der Waals surface area contributed by atoms with Crippen molar-refractivity contribution >= 4 is 8.80 Å². The molecule has 0 rings (SSSR count). The van der Waals surface area contributed by atoms with Crippen molar-refractivity contribution in [2.24, 2.45) is 0 Å². The first-order valence-electron chi connectivity index (χ1n) is 12.3. The lowest BCUT2D eigenvalue weighted by Crippen LogP contribution is -2.64. The third-order valence-electron chi connectivity index (χ3n) is 6.27. The summed E-state index contributed by atoms with van der Waals surface area (Å²) in [6, 6.07) is 0. The van der Waals surface area contributed by atoms with Gasteiger partial charge in [-0.2, -0.15) is 0 Å². The van der Waals surface area contributed by atoms with Gasteiger partial charge in [0.15, 0.2) is 5.67 Å². The quantitative estimate of drug-likeness (QED) is 0.138. The van der Waals surface area contributed by atoms with Crippen LogP contribution in [0.1, 0.15) is 123 Å². The maximum Gasteiger partial charge on any atom is 0.554 e. The molecule has 0 radical (unpaired) electrons. The SMILES string of the molecule is CCCCCCCCCCCCCCCCCC[N+](C)(C)C(CC)[Si](O)(O)O. The van der Waals surface area contributed by atoms with Crippen molar-refractivity contribution in [3.63, 3.8) is 0 Å². The molecule has 4 nitrogen and oxygen atoms in total. The third kappa shape index (κ3) is 15.0. The fraction of sp³-hybridized carbons (Fsp3) is 1.00. The number of rotatable bonds is 20. The van der Waals surface area contributed by atoms with Crippen LogP contribution < -0.4 is 0 Å². The summed E-state index contributed by atoms with van der Waals surface area (Å²) >= 11 is 0. The van der Waals surface area contributed by atoms with E-state index in [4.69, 9.17) is 0 Å². The van der Waals surface area contributed by atoms with Crippen LogP contribution in [0.5, 0.6) is 0 Å². The minimum Gasteiger partial charge on any atom is -0.386 e. The lowest BCUT2D eigenvalue weighted by Gasteiger charge is -2.39. The van der Waals surface area contributed by atoms with Crippen LogP contribution >= 0.6 is 0 Å². The molecule has 3 N–H and O–H groups in total. The summed E-state index contributed by atoms with van der Waals surface area (Å²) in [6.07, 6.45) is 22.4. The summed E-state index contributed by atoms with van der Waals surface area (Å²) in [5.74, 6) is 0. The molecule has 0 saturated carbocycles. The number of unbranched alkanes of at least 4 members (excludes halogenated alkanes) is 15. The van der Waals surface area contributed by atoms with E-state index in [1.54, 1.807) is 0 Å². The van der Waals surface area contributed by atoms with Crippen molar-refractivity contribution in [1.82, 2.24) is 0 Å². The topological polar surface area (TPSA) is 60.7 Å². The first kappa shape index (κ1) is 28.1. The zero-order valence-electron chi connectivity index (χ0n) is 19.6. The highest BCUT2D eigenvalue weighted by molar-refractivity contribution is 6.57. The molecule has 28 heavy (non-hydrogen) atoms. The second-order valence-electron chi connectivity index (χ2n) is 9.42. The molecular formula is C23H52NO3Si+. The summed E-state index contributed by atoms with van der Waals surface area (Å²) in [6.45, 7) is 5.09. The molecular weight excluding hydrogens is 366 g/mol. The Morgan fingerprint density at radius 1 is 0.571 bits per heavy atom. The van der Waals surface area contributed by atoms with E-state index in [1.165, 1.54) is 96.3 Å². The second kappa shape index (κ2) is 16.8. The van der Waals surface area contributed by atoms with Crippen LogP contribution in [0.25, 0.3) is 0 Å². The van der Waals surface area contributed by atoms with Crippen LogP contribution in [-0.4, -0.2) is 54.0 Å². The van der Waals surface area contributed by atoms with Gasteiger partial charge in [0, 0.05) is 6.42 Å². The molecule has 0 aliphatic rings. The van der Waals surface area contributed by atoms with Crippen molar-refractivity contribution in [3.8, 4) is 0 Å². The molecule has 1 atom stereocenters. The van der Waals surface area contributed by atoms with Gasteiger partial charge in [0.1, 0.15) is 0 Å². The molecule has 0 aromatic heterocycles. The van der Waals surface area contributed by atoms with E-state index in [9.17, 15) is 14.4 Å². The number of hydrogen-bond acceptors (Lipinski definition) is 3. The number of nitrogens with zero attached hydrogens (tertiary/aromatic N) is 1. The summed E-state index contributed by atoms with van der Waals surface area (Å²) in [7, 11) is -0.0531. The maximum atomic E-state index is 9.68. The van der Waals surface area contributed by atoms with E-state index in [1.807, 2.05) is 21.0 Å². The zero-order valence-corrected chi connectivity index (χ0v) is 20.6. The number of hydrogen-bond donors (Lipinski definition) is 3. The molecule has 0 spiro atoms. The molecule has 0 heterocycles. The van der Waals surface area contributed by atoms with Crippen LogP contribution in [0.2, 0.25) is 0 Å². The van der Waals surface area contributed by atoms with Gasteiger partial charge in [-0.1, -0.05) is 104 Å². The van der Waals surface area contributed by atoms with E-state index in [-0.39, 0.29) is 0 Å². The number of quaternary nitrogens is 1. The van der Waals surface area contributed by atoms with Crippen LogP contribution in [0.15, 0.2) is 0 Å². The van der Waals surface area contributed by atoms with Gasteiger partial charge in [-0.05, 0) is 12.8 Å². The largest absolute Gasteiger partial charge is 0.554 e. The summed E-state index contributed by atoms with van der Waals surface area (Å²) < 4.78 is 0.505. The Morgan fingerprint density at radius 2 is 0.893 bits per heavy atom. The molecule has 0 aliphatic heterocycles. The van der Waals surface area contributed by atoms with Crippen LogP contribution in [-0.2, 0) is 0 Å². The first-order chi connectivity index (χ1) is 13.3. The highest BCUT2D eigenvalue weighted by atomic mass is 28.4. The van der Waals surface area contributed by atoms with Crippen molar-refractivity contribution in [3.05, 3.63) is 0 Å². The molecule has 0 bridgehead atoms. The molecule has 0 amide bonds. The monoisotopic (exact) mass is 418 g/mol. The standard InChI is InChI=1S/C23H52NO3Si/c1-5-7-8-9-10-11-12-13-14-15-16-17-18-19-20-21-22-24(3,4)23(6-2)28(25,26)27/h23,25-27H,5-22H2,1-4H3/q+1. The van der Waals surface area contributed by atoms with Gasteiger partial charge in [-0.3, -0.25) is 0 Å². The molecule has 0 aliphatic carbocycles. The molecule has 0 saturated heterocycles. The third-order valence-corrected chi connectivity index (χ3v) is 8.27.